The average Bonchev–Trinajstić information content (AvgIpc) is 3.06. The van der Waals surface area contributed by atoms with E-state index in [-0.39, 0.29) is 49.7 Å². The molecule has 2 aliphatic heterocycles. The summed E-state index contributed by atoms with van der Waals surface area (Å²) in [4.78, 5) is 44.5. The smallest absolute Gasteiger partial charge is 0.245 e. The van der Waals surface area contributed by atoms with Gasteiger partial charge < -0.3 is 10.0 Å². The lowest BCUT2D eigenvalue weighted by molar-refractivity contribution is -0.147. The van der Waals surface area contributed by atoms with Crippen molar-refractivity contribution >= 4 is 30.1 Å². The molecular weight excluding hydrogens is 430 g/mol. The molecule has 0 atom stereocenters. The van der Waals surface area contributed by atoms with Crippen molar-refractivity contribution in [2.24, 2.45) is 0 Å². The first-order valence-corrected chi connectivity index (χ1v) is 10.6. The van der Waals surface area contributed by atoms with Gasteiger partial charge in [-0.3, -0.25) is 24.2 Å². The summed E-state index contributed by atoms with van der Waals surface area (Å²) < 4.78 is 0. The van der Waals surface area contributed by atoms with Crippen molar-refractivity contribution in [3.63, 3.8) is 0 Å². The summed E-state index contributed by atoms with van der Waals surface area (Å²) in [5.74, 6) is -0.894. The van der Waals surface area contributed by atoms with E-state index >= 15 is 0 Å². The normalized spacial score (nSPS) is 18.5. The van der Waals surface area contributed by atoms with Crippen LogP contribution in [0.5, 0.6) is 0 Å². The van der Waals surface area contributed by atoms with E-state index in [0.717, 1.165) is 16.0 Å². The molecule has 0 aliphatic carbocycles. The van der Waals surface area contributed by atoms with Gasteiger partial charge in [0.1, 0.15) is 12.0 Å². The van der Waals surface area contributed by atoms with Crippen LogP contribution in [0.1, 0.15) is 17.5 Å². The van der Waals surface area contributed by atoms with Crippen LogP contribution in [0.4, 0.5) is 0 Å². The van der Waals surface area contributed by atoms with Crippen LogP contribution < -0.4 is 0 Å². The zero-order chi connectivity index (χ0) is 21.8. The number of likely N-dealkylation sites (tertiary alicyclic amines) is 1. The number of benzene rings is 2. The number of β-amino-alcohol motifs (C(OH)–C–C–N with tert-alkyl or cyclic N) is 1. The van der Waals surface area contributed by atoms with Gasteiger partial charge in [0.2, 0.25) is 17.7 Å². The molecule has 4 rings (SSSR count). The summed E-state index contributed by atoms with van der Waals surface area (Å²) in [5.41, 5.74) is 0.402. The highest BCUT2D eigenvalue weighted by molar-refractivity contribution is 6.12. The number of rotatable bonds is 6. The lowest BCUT2D eigenvalue weighted by Gasteiger charge is -2.35. The van der Waals surface area contributed by atoms with Crippen molar-refractivity contribution in [1.82, 2.24) is 14.7 Å². The molecule has 0 radical (unpaired) electrons. The molecule has 2 fully saturated rings. The van der Waals surface area contributed by atoms with E-state index in [9.17, 15) is 14.4 Å². The highest BCUT2D eigenvalue weighted by Crippen LogP contribution is 2.42. The maximum absolute atomic E-state index is 13.7. The van der Waals surface area contributed by atoms with Crippen LogP contribution in [0.15, 0.2) is 60.7 Å². The zero-order valence-corrected chi connectivity index (χ0v) is 18.7. The van der Waals surface area contributed by atoms with Crippen molar-refractivity contribution in [3.05, 3.63) is 71.8 Å². The Balaban J connectivity index is 0.00000289. The third kappa shape index (κ3) is 4.41. The maximum Gasteiger partial charge on any atom is 0.245 e. The quantitative estimate of drug-likeness (QED) is 0.661. The van der Waals surface area contributed by atoms with Crippen molar-refractivity contribution in [2.75, 3.05) is 45.9 Å². The number of amides is 3. The highest BCUT2D eigenvalue weighted by Gasteiger charge is 2.54. The van der Waals surface area contributed by atoms with Crippen molar-refractivity contribution < 1.29 is 19.5 Å². The largest absolute Gasteiger partial charge is 0.395 e. The molecule has 2 heterocycles. The predicted molar refractivity (Wildman–Crippen MR) is 122 cm³/mol. The van der Waals surface area contributed by atoms with Gasteiger partial charge in [-0.2, -0.15) is 0 Å². The lowest BCUT2D eigenvalue weighted by Crippen LogP contribution is -2.52. The summed E-state index contributed by atoms with van der Waals surface area (Å²) in [6.07, 6.45) is 0.0113. The Hall–Kier alpha value is -2.74. The Morgan fingerprint density at radius 2 is 1.41 bits per heavy atom. The second kappa shape index (κ2) is 10.3. The van der Waals surface area contributed by atoms with Crippen LogP contribution in [0.3, 0.4) is 0 Å². The minimum atomic E-state index is -1.11. The number of imide groups is 1. The number of carbonyl (C=O) groups is 3. The van der Waals surface area contributed by atoms with Gasteiger partial charge in [-0.1, -0.05) is 60.7 Å². The van der Waals surface area contributed by atoms with Gasteiger partial charge in [-0.05, 0) is 11.1 Å². The Morgan fingerprint density at radius 3 is 1.91 bits per heavy atom. The Labute approximate surface area is 194 Å². The summed E-state index contributed by atoms with van der Waals surface area (Å²) in [6, 6.07) is 18.6. The number of halogens is 1. The molecular formula is C24H28ClN3O4. The fraction of sp³-hybridized carbons (Fsp3) is 0.375. The Bertz CT molecular complexity index is 907. The third-order valence-corrected chi connectivity index (χ3v) is 6.30. The molecule has 8 heteroatoms. The van der Waals surface area contributed by atoms with Crippen molar-refractivity contribution in [1.29, 1.82) is 0 Å². The number of carbonyl (C=O) groups excluding carboxylic acids is 3. The molecule has 0 spiro atoms. The molecule has 1 N–H and O–H groups in total. The first-order valence-electron chi connectivity index (χ1n) is 10.6. The number of aliphatic hydroxyl groups excluding tert-OH is 1. The van der Waals surface area contributed by atoms with Gasteiger partial charge >= 0.3 is 0 Å². The summed E-state index contributed by atoms with van der Waals surface area (Å²) in [7, 11) is 0. The number of piperazine rings is 1. The molecule has 170 valence electrons. The molecule has 2 aromatic rings. The zero-order valence-electron chi connectivity index (χ0n) is 17.9. The van der Waals surface area contributed by atoms with Crippen LogP contribution in [0.25, 0.3) is 0 Å². The van der Waals surface area contributed by atoms with Crippen LogP contribution in [0.2, 0.25) is 0 Å². The SMILES string of the molecule is Cl.O=C(CN1C(=O)CC(c2ccccc2)(c2ccccc2)C1=O)N1CCN(CCO)CC1. The van der Waals surface area contributed by atoms with Crippen molar-refractivity contribution in [2.45, 2.75) is 11.8 Å². The van der Waals surface area contributed by atoms with Gasteiger partial charge in [0.15, 0.2) is 0 Å². The summed E-state index contributed by atoms with van der Waals surface area (Å²) in [6.45, 7) is 2.83. The minimum absolute atomic E-state index is 0. The van der Waals surface area contributed by atoms with E-state index in [4.69, 9.17) is 5.11 Å². The van der Waals surface area contributed by atoms with E-state index in [1.807, 2.05) is 60.7 Å². The molecule has 2 aromatic carbocycles. The molecule has 7 nitrogen and oxygen atoms in total. The lowest BCUT2D eigenvalue weighted by atomic mass is 9.73. The van der Waals surface area contributed by atoms with Crippen LogP contribution in [0, 0.1) is 0 Å². The number of hydrogen-bond acceptors (Lipinski definition) is 5. The van der Waals surface area contributed by atoms with E-state index in [1.54, 1.807) is 4.90 Å². The maximum atomic E-state index is 13.7. The number of nitrogens with zero attached hydrogens (tertiary/aromatic N) is 3. The standard InChI is InChI=1S/C24H27N3O4.ClH/c28-16-15-25-11-13-26(14-12-25)22(30)18-27-21(29)17-24(23(27)31,19-7-3-1-4-8-19)20-9-5-2-6-10-20;/h1-10,28H,11-18H2;1H. The van der Waals surface area contributed by atoms with Gasteiger partial charge in [0, 0.05) is 39.1 Å². The van der Waals surface area contributed by atoms with Gasteiger partial charge in [0.25, 0.3) is 0 Å². The van der Waals surface area contributed by atoms with E-state index in [0.29, 0.717) is 32.7 Å². The second-order valence-corrected chi connectivity index (χ2v) is 8.05. The number of hydrogen-bond donors (Lipinski definition) is 1. The van der Waals surface area contributed by atoms with Crippen LogP contribution in [-0.4, -0.2) is 83.4 Å². The molecule has 3 amide bonds. The van der Waals surface area contributed by atoms with Crippen LogP contribution >= 0.6 is 12.4 Å². The summed E-state index contributed by atoms with van der Waals surface area (Å²) in [5, 5.41) is 9.07. The molecule has 0 bridgehead atoms. The fourth-order valence-electron chi connectivity index (χ4n) is 4.56. The van der Waals surface area contributed by atoms with Crippen molar-refractivity contribution in [3.8, 4) is 0 Å². The average molecular weight is 458 g/mol. The topological polar surface area (TPSA) is 81.2 Å². The molecule has 2 aliphatic rings. The van der Waals surface area contributed by atoms with Crippen LogP contribution in [-0.2, 0) is 19.8 Å². The third-order valence-electron chi connectivity index (χ3n) is 6.30. The molecule has 2 saturated heterocycles. The first-order chi connectivity index (χ1) is 15.1. The van der Waals surface area contributed by atoms with Gasteiger partial charge in [-0.25, -0.2) is 0 Å². The predicted octanol–water partition coefficient (Wildman–Crippen LogP) is 1.29. The first kappa shape index (κ1) is 23.9. The van der Waals surface area contributed by atoms with Gasteiger partial charge in [0.05, 0.1) is 6.61 Å². The Kier molecular flexibility index (Phi) is 7.66. The highest BCUT2D eigenvalue weighted by atomic mass is 35.5. The molecule has 0 unspecified atom stereocenters. The monoisotopic (exact) mass is 457 g/mol. The van der Waals surface area contributed by atoms with E-state index in [2.05, 4.69) is 4.90 Å². The second-order valence-electron chi connectivity index (χ2n) is 8.05. The van der Waals surface area contributed by atoms with Gasteiger partial charge in [-0.15, -0.1) is 12.4 Å². The summed E-state index contributed by atoms with van der Waals surface area (Å²) >= 11 is 0. The number of aliphatic hydroxyl groups is 1. The molecule has 0 saturated carbocycles. The molecule has 0 aromatic heterocycles. The van der Waals surface area contributed by atoms with E-state index in [1.165, 1.54) is 0 Å². The fourth-order valence-corrected chi connectivity index (χ4v) is 4.56. The minimum Gasteiger partial charge on any atom is -0.395 e. The van der Waals surface area contributed by atoms with E-state index < -0.39 is 5.41 Å². The Morgan fingerprint density at radius 1 is 0.875 bits per heavy atom. The molecule has 32 heavy (non-hydrogen) atoms.